The molecule has 0 saturated carbocycles. The van der Waals surface area contributed by atoms with Gasteiger partial charge in [0.05, 0.1) is 11.8 Å². The number of hydrogen-bond acceptors (Lipinski definition) is 5. The Morgan fingerprint density at radius 3 is 2.62 bits per heavy atom. The predicted octanol–water partition coefficient (Wildman–Crippen LogP) is 3.94. The van der Waals surface area contributed by atoms with E-state index in [4.69, 9.17) is 9.47 Å². The summed E-state index contributed by atoms with van der Waals surface area (Å²) in [7, 11) is 1.61. The molecule has 0 aliphatic rings. The van der Waals surface area contributed by atoms with Gasteiger partial charge >= 0.3 is 0 Å². The van der Waals surface area contributed by atoms with Crippen LogP contribution in [0.1, 0.15) is 11.1 Å². The van der Waals surface area contributed by atoms with Gasteiger partial charge in [-0.05, 0) is 37.6 Å². The molecule has 1 N–H and O–H groups in total. The first-order chi connectivity index (χ1) is 11.6. The van der Waals surface area contributed by atoms with Crippen molar-refractivity contribution in [1.82, 2.24) is 4.98 Å². The third kappa shape index (κ3) is 3.49. The van der Waals surface area contributed by atoms with E-state index in [1.54, 1.807) is 7.11 Å². The summed E-state index contributed by atoms with van der Waals surface area (Å²) in [6.07, 6.45) is 0. The predicted molar refractivity (Wildman–Crippen MR) is 96.2 cm³/mol. The van der Waals surface area contributed by atoms with Crippen molar-refractivity contribution in [3.63, 3.8) is 0 Å². The second kappa shape index (κ2) is 6.88. The Kier molecular flexibility index (Phi) is 4.66. The van der Waals surface area contributed by atoms with Crippen molar-refractivity contribution in [2.24, 2.45) is 0 Å². The minimum absolute atomic E-state index is 0.0604. The van der Waals surface area contributed by atoms with E-state index in [1.807, 2.05) is 50.2 Å². The summed E-state index contributed by atoms with van der Waals surface area (Å²) in [4.78, 5) is 16.5. The summed E-state index contributed by atoms with van der Waals surface area (Å²) in [6, 6.07) is 11.4. The number of fused-ring (bicyclic) bond motifs is 1. The number of carbonyl (C=O) groups is 1. The van der Waals surface area contributed by atoms with Crippen molar-refractivity contribution in [2.75, 3.05) is 19.0 Å². The fraction of sp³-hybridized carbons (Fsp3) is 0.222. The molecule has 0 bridgehead atoms. The first kappa shape index (κ1) is 16.3. The number of carbonyl (C=O) groups excluding carboxylic acids is 1. The maximum absolute atomic E-state index is 12.1. The van der Waals surface area contributed by atoms with Gasteiger partial charge in [0, 0.05) is 0 Å². The number of aryl methyl sites for hydroxylation is 2. The summed E-state index contributed by atoms with van der Waals surface area (Å²) in [5.41, 5.74) is 3.00. The molecule has 0 aliphatic heterocycles. The van der Waals surface area contributed by atoms with Crippen LogP contribution in [0.3, 0.4) is 0 Å². The van der Waals surface area contributed by atoms with Gasteiger partial charge in [0.2, 0.25) is 0 Å². The minimum Gasteiger partial charge on any atom is -0.494 e. The van der Waals surface area contributed by atoms with Gasteiger partial charge in [-0.2, -0.15) is 0 Å². The molecule has 2 aromatic carbocycles. The summed E-state index contributed by atoms with van der Waals surface area (Å²) in [5.74, 6) is 1.12. The Balaban J connectivity index is 1.69. The Hall–Kier alpha value is -2.60. The first-order valence-electron chi connectivity index (χ1n) is 7.50. The maximum Gasteiger partial charge on any atom is 0.264 e. The molecular formula is C18H18N2O3S. The molecule has 1 aromatic heterocycles. The van der Waals surface area contributed by atoms with Crippen LogP contribution < -0.4 is 14.8 Å². The molecule has 0 radical (unpaired) electrons. The zero-order chi connectivity index (χ0) is 17.1. The molecule has 0 saturated heterocycles. The number of nitrogens with one attached hydrogen (secondary N) is 1. The van der Waals surface area contributed by atoms with Crippen molar-refractivity contribution in [3.05, 3.63) is 47.5 Å². The SMILES string of the molecule is COc1ccc(C)c2sc(NC(=O)COc3ccc(C)cc3)nc12. The van der Waals surface area contributed by atoms with Crippen LogP contribution in [0.4, 0.5) is 5.13 Å². The number of thiazole rings is 1. The van der Waals surface area contributed by atoms with E-state index in [-0.39, 0.29) is 12.5 Å². The van der Waals surface area contributed by atoms with Crippen LogP contribution in [-0.4, -0.2) is 24.6 Å². The van der Waals surface area contributed by atoms with E-state index in [0.717, 1.165) is 21.3 Å². The monoisotopic (exact) mass is 342 g/mol. The van der Waals surface area contributed by atoms with Gasteiger partial charge in [0.15, 0.2) is 11.7 Å². The Morgan fingerprint density at radius 1 is 1.17 bits per heavy atom. The van der Waals surface area contributed by atoms with Gasteiger partial charge in [-0.25, -0.2) is 4.98 Å². The van der Waals surface area contributed by atoms with Gasteiger partial charge in [-0.1, -0.05) is 35.1 Å². The molecule has 0 fully saturated rings. The van der Waals surface area contributed by atoms with Crippen molar-refractivity contribution in [3.8, 4) is 11.5 Å². The zero-order valence-electron chi connectivity index (χ0n) is 13.8. The van der Waals surface area contributed by atoms with E-state index in [0.29, 0.717) is 16.6 Å². The third-order valence-electron chi connectivity index (χ3n) is 3.56. The van der Waals surface area contributed by atoms with Crippen LogP contribution in [0.25, 0.3) is 10.2 Å². The fourth-order valence-electron chi connectivity index (χ4n) is 2.27. The number of nitrogens with zero attached hydrogens (tertiary/aromatic N) is 1. The number of ether oxygens (including phenoxy) is 2. The highest BCUT2D eigenvalue weighted by molar-refractivity contribution is 7.22. The molecule has 124 valence electrons. The lowest BCUT2D eigenvalue weighted by molar-refractivity contribution is -0.118. The van der Waals surface area contributed by atoms with Gasteiger partial charge < -0.3 is 9.47 Å². The number of aromatic nitrogens is 1. The molecule has 3 rings (SSSR count). The number of hydrogen-bond donors (Lipinski definition) is 1. The Morgan fingerprint density at radius 2 is 1.92 bits per heavy atom. The van der Waals surface area contributed by atoms with E-state index in [2.05, 4.69) is 10.3 Å². The quantitative estimate of drug-likeness (QED) is 0.763. The second-order valence-corrected chi connectivity index (χ2v) is 6.43. The van der Waals surface area contributed by atoms with E-state index in [1.165, 1.54) is 11.3 Å². The van der Waals surface area contributed by atoms with Crippen LogP contribution in [0.2, 0.25) is 0 Å². The molecule has 0 unspecified atom stereocenters. The first-order valence-corrected chi connectivity index (χ1v) is 8.32. The van der Waals surface area contributed by atoms with Crippen molar-refractivity contribution in [2.45, 2.75) is 13.8 Å². The molecule has 0 atom stereocenters. The van der Waals surface area contributed by atoms with Gasteiger partial charge in [-0.15, -0.1) is 0 Å². The lowest BCUT2D eigenvalue weighted by atomic mass is 10.2. The highest BCUT2D eigenvalue weighted by atomic mass is 32.1. The number of methoxy groups -OCH3 is 1. The van der Waals surface area contributed by atoms with Crippen molar-refractivity contribution in [1.29, 1.82) is 0 Å². The molecule has 6 heteroatoms. The average molecular weight is 342 g/mol. The summed E-state index contributed by atoms with van der Waals surface area (Å²) in [6.45, 7) is 3.95. The average Bonchev–Trinajstić information content (AvgIpc) is 2.99. The summed E-state index contributed by atoms with van der Waals surface area (Å²) < 4.78 is 11.8. The lowest BCUT2D eigenvalue weighted by Crippen LogP contribution is -2.19. The van der Waals surface area contributed by atoms with Crippen LogP contribution >= 0.6 is 11.3 Å². The van der Waals surface area contributed by atoms with Crippen LogP contribution in [-0.2, 0) is 4.79 Å². The molecule has 0 spiro atoms. The molecule has 3 aromatic rings. The highest BCUT2D eigenvalue weighted by Crippen LogP contribution is 2.34. The summed E-state index contributed by atoms with van der Waals surface area (Å²) >= 11 is 1.43. The van der Waals surface area contributed by atoms with Crippen LogP contribution in [0.15, 0.2) is 36.4 Å². The van der Waals surface area contributed by atoms with Crippen LogP contribution in [0.5, 0.6) is 11.5 Å². The standard InChI is InChI=1S/C18H18N2O3S/c1-11-4-7-13(8-5-11)23-10-15(21)19-18-20-16-14(22-3)9-6-12(2)17(16)24-18/h4-9H,10H2,1-3H3,(H,19,20,21). The molecule has 1 heterocycles. The molecule has 24 heavy (non-hydrogen) atoms. The normalized spacial score (nSPS) is 10.6. The van der Waals surface area contributed by atoms with Crippen LogP contribution in [0, 0.1) is 13.8 Å². The van der Waals surface area contributed by atoms with Gasteiger partial charge in [0.1, 0.15) is 17.0 Å². The molecule has 1 amide bonds. The van der Waals surface area contributed by atoms with Crippen molar-refractivity contribution < 1.29 is 14.3 Å². The number of anilines is 1. The van der Waals surface area contributed by atoms with Gasteiger partial charge in [-0.3, -0.25) is 10.1 Å². The molecular weight excluding hydrogens is 324 g/mol. The third-order valence-corrected chi connectivity index (χ3v) is 4.67. The zero-order valence-corrected chi connectivity index (χ0v) is 14.6. The lowest BCUT2D eigenvalue weighted by Gasteiger charge is -2.05. The van der Waals surface area contributed by atoms with E-state index >= 15 is 0 Å². The number of amides is 1. The maximum atomic E-state index is 12.1. The van der Waals surface area contributed by atoms with E-state index < -0.39 is 0 Å². The Bertz CT molecular complexity index is 872. The minimum atomic E-state index is -0.244. The summed E-state index contributed by atoms with van der Waals surface area (Å²) in [5, 5.41) is 3.32. The topological polar surface area (TPSA) is 60.5 Å². The largest absolute Gasteiger partial charge is 0.494 e. The van der Waals surface area contributed by atoms with E-state index in [9.17, 15) is 4.79 Å². The number of benzene rings is 2. The Labute approximate surface area is 144 Å². The van der Waals surface area contributed by atoms with Gasteiger partial charge in [0.25, 0.3) is 5.91 Å². The molecule has 5 nitrogen and oxygen atoms in total. The highest BCUT2D eigenvalue weighted by Gasteiger charge is 2.13. The fourth-order valence-corrected chi connectivity index (χ4v) is 3.23. The van der Waals surface area contributed by atoms with Crippen molar-refractivity contribution >= 4 is 32.6 Å². The smallest absolute Gasteiger partial charge is 0.264 e. The molecule has 0 aliphatic carbocycles. The second-order valence-electron chi connectivity index (χ2n) is 5.43. The number of rotatable bonds is 5.